The largest absolute Gasteiger partial charge is 0.304 e. The number of halogens is 2. The van der Waals surface area contributed by atoms with Gasteiger partial charge in [0.15, 0.2) is 0 Å². The van der Waals surface area contributed by atoms with E-state index in [0.29, 0.717) is 0 Å². The van der Waals surface area contributed by atoms with Gasteiger partial charge < -0.3 is 5.32 Å². The topological polar surface area (TPSA) is 35.8 Å². The van der Waals surface area contributed by atoms with Gasteiger partial charge in [-0.1, -0.05) is 12.1 Å². The molecule has 4 heteroatoms. The van der Waals surface area contributed by atoms with Crippen molar-refractivity contribution in [2.45, 2.75) is 44.4 Å². The number of benzene rings is 1. The predicted octanol–water partition coefficient (Wildman–Crippen LogP) is 3.24. The molecular formula is C14H16F2N2. The van der Waals surface area contributed by atoms with Crippen LogP contribution < -0.4 is 5.32 Å². The van der Waals surface area contributed by atoms with Crippen LogP contribution in [0.4, 0.5) is 8.78 Å². The van der Waals surface area contributed by atoms with Crippen LogP contribution in [0.1, 0.15) is 43.9 Å². The first-order valence-corrected chi connectivity index (χ1v) is 6.07. The molecule has 1 N–H and O–H groups in total. The van der Waals surface area contributed by atoms with Crippen molar-refractivity contribution in [1.82, 2.24) is 5.32 Å². The third kappa shape index (κ3) is 2.68. The molecule has 2 nitrogen and oxygen atoms in total. The van der Waals surface area contributed by atoms with Gasteiger partial charge in [-0.3, -0.25) is 0 Å². The fourth-order valence-electron chi connectivity index (χ4n) is 2.00. The Balaban J connectivity index is 2.38. The molecule has 1 unspecified atom stereocenters. The number of nitrogens with one attached hydrogen (secondary N) is 1. The minimum atomic E-state index is -1.59. The number of hydrogen-bond acceptors (Lipinski definition) is 2. The standard InChI is InChI=1S/C14H16F2N2/c1-14(2,16)13(18-10-6-7-10)11-5-3-4-9(8-17)12(11)15/h3-5,10,13,18H,6-7H2,1-2H3. The summed E-state index contributed by atoms with van der Waals surface area (Å²) >= 11 is 0. The molecular weight excluding hydrogens is 234 g/mol. The molecule has 1 fully saturated rings. The summed E-state index contributed by atoms with van der Waals surface area (Å²) in [4.78, 5) is 0. The highest BCUT2D eigenvalue weighted by molar-refractivity contribution is 5.37. The van der Waals surface area contributed by atoms with Gasteiger partial charge in [0.2, 0.25) is 0 Å². The Bertz CT molecular complexity index is 482. The van der Waals surface area contributed by atoms with Gasteiger partial charge in [-0.15, -0.1) is 0 Å². The maximum atomic E-state index is 14.2. The highest BCUT2D eigenvalue weighted by Crippen LogP contribution is 2.35. The molecule has 0 amide bonds. The van der Waals surface area contributed by atoms with E-state index in [1.807, 2.05) is 0 Å². The van der Waals surface area contributed by atoms with Crippen molar-refractivity contribution in [2.75, 3.05) is 0 Å². The summed E-state index contributed by atoms with van der Waals surface area (Å²) in [6, 6.07) is 5.85. The van der Waals surface area contributed by atoms with Gasteiger partial charge >= 0.3 is 0 Å². The Morgan fingerprint density at radius 3 is 2.61 bits per heavy atom. The minimum Gasteiger partial charge on any atom is -0.304 e. The zero-order valence-electron chi connectivity index (χ0n) is 10.5. The van der Waals surface area contributed by atoms with Crippen molar-refractivity contribution in [3.05, 3.63) is 35.1 Å². The molecule has 0 bridgehead atoms. The van der Waals surface area contributed by atoms with E-state index in [1.54, 1.807) is 12.1 Å². The van der Waals surface area contributed by atoms with Crippen LogP contribution in [0.3, 0.4) is 0 Å². The number of alkyl halides is 1. The Labute approximate surface area is 106 Å². The van der Waals surface area contributed by atoms with E-state index in [-0.39, 0.29) is 17.2 Å². The first-order valence-electron chi connectivity index (χ1n) is 6.07. The van der Waals surface area contributed by atoms with Gasteiger partial charge in [0.1, 0.15) is 17.6 Å². The lowest BCUT2D eigenvalue weighted by Gasteiger charge is -2.29. The zero-order chi connectivity index (χ0) is 13.3. The number of nitrogens with zero attached hydrogens (tertiary/aromatic N) is 1. The van der Waals surface area contributed by atoms with E-state index >= 15 is 0 Å². The van der Waals surface area contributed by atoms with Gasteiger partial charge in [0.05, 0.1) is 11.6 Å². The third-order valence-corrected chi connectivity index (χ3v) is 3.13. The van der Waals surface area contributed by atoms with Crippen LogP contribution in [0.15, 0.2) is 18.2 Å². The average molecular weight is 250 g/mol. The van der Waals surface area contributed by atoms with Crippen LogP contribution in [0.5, 0.6) is 0 Å². The minimum absolute atomic E-state index is 0.0423. The van der Waals surface area contributed by atoms with E-state index < -0.39 is 17.5 Å². The van der Waals surface area contributed by atoms with Gasteiger partial charge in [-0.05, 0) is 32.8 Å². The second-order valence-electron chi connectivity index (χ2n) is 5.26. The summed E-state index contributed by atoms with van der Waals surface area (Å²) in [5, 5.41) is 11.9. The van der Waals surface area contributed by atoms with Crippen molar-refractivity contribution in [3.63, 3.8) is 0 Å². The Morgan fingerprint density at radius 1 is 1.44 bits per heavy atom. The number of nitriles is 1. The molecule has 0 aliphatic heterocycles. The van der Waals surface area contributed by atoms with Crippen LogP contribution in [0, 0.1) is 17.1 Å². The first-order chi connectivity index (χ1) is 8.43. The quantitative estimate of drug-likeness (QED) is 0.890. The van der Waals surface area contributed by atoms with E-state index in [9.17, 15) is 8.78 Å². The molecule has 1 aromatic rings. The van der Waals surface area contributed by atoms with Crippen LogP contribution >= 0.6 is 0 Å². The lowest BCUT2D eigenvalue weighted by molar-refractivity contribution is 0.145. The van der Waals surface area contributed by atoms with Gasteiger partial charge in [0.25, 0.3) is 0 Å². The smallest absolute Gasteiger partial charge is 0.145 e. The molecule has 0 aromatic heterocycles. The summed E-state index contributed by atoms with van der Waals surface area (Å²) in [5.74, 6) is -0.621. The third-order valence-electron chi connectivity index (χ3n) is 3.13. The van der Waals surface area contributed by atoms with Crippen LogP contribution in [-0.4, -0.2) is 11.7 Å². The summed E-state index contributed by atoms with van der Waals surface area (Å²) in [6.07, 6.45) is 1.98. The fourth-order valence-corrected chi connectivity index (χ4v) is 2.00. The van der Waals surface area contributed by atoms with Crippen LogP contribution in [0.25, 0.3) is 0 Å². The molecule has 1 aromatic carbocycles. The second-order valence-corrected chi connectivity index (χ2v) is 5.26. The van der Waals surface area contributed by atoms with Gasteiger partial charge in [-0.25, -0.2) is 8.78 Å². The number of rotatable bonds is 4. The van der Waals surface area contributed by atoms with Crippen molar-refractivity contribution < 1.29 is 8.78 Å². The molecule has 0 spiro atoms. The molecule has 96 valence electrons. The van der Waals surface area contributed by atoms with Gasteiger partial charge in [0, 0.05) is 11.6 Å². The molecule has 1 atom stereocenters. The Kier molecular flexibility index (Phi) is 3.36. The zero-order valence-corrected chi connectivity index (χ0v) is 10.5. The SMILES string of the molecule is CC(C)(F)C(NC1CC1)c1cccc(C#N)c1F. The number of hydrogen-bond donors (Lipinski definition) is 1. The van der Waals surface area contributed by atoms with E-state index in [2.05, 4.69) is 5.32 Å². The Morgan fingerprint density at radius 2 is 2.11 bits per heavy atom. The molecule has 1 aliphatic carbocycles. The second kappa shape index (κ2) is 4.66. The molecule has 0 heterocycles. The normalized spacial score (nSPS) is 17.3. The predicted molar refractivity (Wildman–Crippen MR) is 65.2 cm³/mol. The van der Waals surface area contributed by atoms with Crippen molar-refractivity contribution in [3.8, 4) is 6.07 Å². The first kappa shape index (κ1) is 13.0. The maximum absolute atomic E-state index is 14.2. The molecule has 0 radical (unpaired) electrons. The average Bonchev–Trinajstić information content (AvgIpc) is 3.09. The lowest BCUT2D eigenvalue weighted by Crippen LogP contribution is -2.38. The van der Waals surface area contributed by atoms with Crippen molar-refractivity contribution in [2.24, 2.45) is 0 Å². The summed E-state index contributed by atoms with van der Waals surface area (Å²) in [7, 11) is 0. The van der Waals surface area contributed by atoms with E-state index in [1.165, 1.54) is 26.0 Å². The fraction of sp³-hybridized carbons (Fsp3) is 0.500. The molecule has 1 saturated carbocycles. The molecule has 2 rings (SSSR count). The molecule has 18 heavy (non-hydrogen) atoms. The summed E-state index contributed by atoms with van der Waals surface area (Å²) in [5.41, 5.74) is -1.40. The van der Waals surface area contributed by atoms with Gasteiger partial charge in [-0.2, -0.15) is 5.26 Å². The highest BCUT2D eigenvalue weighted by Gasteiger charge is 2.37. The van der Waals surface area contributed by atoms with Crippen molar-refractivity contribution >= 4 is 0 Å². The summed E-state index contributed by atoms with van der Waals surface area (Å²) in [6.45, 7) is 2.84. The van der Waals surface area contributed by atoms with Crippen LogP contribution in [-0.2, 0) is 0 Å². The summed E-state index contributed by atoms with van der Waals surface area (Å²) < 4.78 is 28.3. The van der Waals surface area contributed by atoms with E-state index in [4.69, 9.17) is 5.26 Å². The molecule has 1 aliphatic rings. The van der Waals surface area contributed by atoms with Crippen molar-refractivity contribution in [1.29, 1.82) is 5.26 Å². The van der Waals surface area contributed by atoms with E-state index in [0.717, 1.165) is 12.8 Å². The monoisotopic (exact) mass is 250 g/mol. The Hall–Kier alpha value is -1.47. The lowest BCUT2D eigenvalue weighted by atomic mass is 9.91. The molecule has 0 saturated heterocycles. The highest BCUT2D eigenvalue weighted by atomic mass is 19.1. The maximum Gasteiger partial charge on any atom is 0.145 e. The van der Waals surface area contributed by atoms with Crippen LogP contribution in [0.2, 0.25) is 0 Å².